The highest BCUT2D eigenvalue weighted by molar-refractivity contribution is 7.99. The van der Waals surface area contributed by atoms with Gasteiger partial charge in [0.15, 0.2) is 0 Å². The topological polar surface area (TPSA) is 69.0 Å². The molecule has 140 valence electrons. The van der Waals surface area contributed by atoms with Crippen molar-refractivity contribution in [1.29, 1.82) is 0 Å². The smallest absolute Gasteiger partial charge is 0.333 e. The van der Waals surface area contributed by atoms with E-state index >= 15 is 0 Å². The van der Waals surface area contributed by atoms with E-state index in [1.165, 1.54) is 16.2 Å². The first kappa shape index (κ1) is 16.7. The Hall–Kier alpha value is -2.41. The number of benzene rings is 1. The summed E-state index contributed by atoms with van der Waals surface area (Å²) >= 11 is 1.78. The molecule has 0 saturated carbocycles. The number of aromatic amines is 1. The van der Waals surface area contributed by atoms with E-state index < -0.39 is 5.60 Å². The number of rotatable bonds is 0. The van der Waals surface area contributed by atoms with Crippen LogP contribution in [0.3, 0.4) is 0 Å². The van der Waals surface area contributed by atoms with Crippen molar-refractivity contribution in [2.24, 2.45) is 20.0 Å². The Labute approximate surface area is 160 Å². The van der Waals surface area contributed by atoms with Gasteiger partial charge < -0.3 is 9.72 Å². The second-order valence-electron chi connectivity index (χ2n) is 7.94. The van der Waals surface area contributed by atoms with Crippen LogP contribution in [-0.4, -0.2) is 25.5 Å². The minimum atomic E-state index is -0.489. The quantitative estimate of drug-likeness (QED) is 0.648. The number of aromatic nitrogens is 3. The van der Waals surface area contributed by atoms with E-state index in [-0.39, 0.29) is 23.1 Å². The van der Waals surface area contributed by atoms with E-state index in [4.69, 9.17) is 4.74 Å². The van der Waals surface area contributed by atoms with Gasteiger partial charge in [0.05, 0.1) is 10.6 Å². The van der Waals surface area contributed by atoms with E-state index in [9.17, 15) is 9.59 Å². The summed E-state index contributed by atoms with van der Waals surface area (Å²) in [5.74, 6) is 1.27. The Morgan fingerprint density at radius 2 is 1.89 bits per heavy atom. The van der Waals surface area contributed by atoms with E-state index in [1.54, 1.807) is 18.8 Å². The first-order valence-electron chi connectivity index (χ1n) is 9.03. The van der Waals surface area contributed by atoms with Crippen LogP contribution in [0, 0.1) is 5.92 Å². The van der Waals surface area contributed by atoms with Gasteiger partial charge in [-0.3, -0.25) is 13.9 Å². The number of H-pyrrole nitrogens is 1. The molecule has 27 heavy (non-hydrogen) atoms. The molecule has 5 rings (SSSR count). The molecule has 2 unspecified atom stereocenters. The zero-order valence-electron chi connectivity index (χ0n) is 15.7. The molecular formula is C20H21N3O3S. The van der Waals surface area contributed by atoms with Gasteiger partial charge in [0.1, 0.15) is 5.60 Å². The summed E-state index contributed by atoms with van der Waals surface area (Å²) in [5, 5.41) is 2.24. The van der Waals surface area contributed by atoms with E-state index in [0.717, 1.165) is 27.2 Å². The maximum absolute atomic E-state index is 13.2. The largest absolute Gasteiger partial charge is 0.472 e. The SMILES string of the molecule is Cn1c2c(c(=O)n(C)c1=O)C1c3c([nH]c4ccccc34)SCC1C(C)(C)O2. The van der Waals surface area contributed by atoms with E-state index in [0.29, 0.717) is 11.4 Å². The second-order valence-corrected chi connectivity index (χ2v) is 8.97. The number of ether oxygens (including phenoxy) is 1. The van der Waals surface area contributed by atoms with Crippen LogP contribution in [-0.2, 0) is 14.1 Å². The van der Waals surface area contributed by atoms with Crippen LogP contribution < -0.4 is 16.0 Å². The van der Waals surface area contributed by atoms with Crippen LogP contribution in [0.1, 0.15) is 30.9 Å². The van der Waals surface area contributed by atoms with Crippen LogP contribution in [0.15, 0.2) is 38.9 Å². The fourth-order valence-electron chi connectivity index (χ4n) is 4.55. The Kier molecular flexibility index (Phi) is 3.30. The zero-order valence-corrected chi connectivity index (χ0v) is 16.5. The standard InChI is InChI=1S/C20H21N3O3S/c1-20(2)11-9-27-16-13(10-7-5-6-8-12(10)21-16)14(11)15-17(24)22(3)19(25)23(4)18(15)26-20/h5-8,11,14,21H,9H2,1-4H3. The molecule has 0 spiro atoms. The molecule has 0 fully saturated rings. The number of para-hydroxylation sites is 1. The normalized spacial score (nSPS) is 22.7. The summed E-state index contributed by atoms with van der Waals surface area (Å²) in [7, 11) is 3.21. The molecule has 6 nitrogen and oxygen atoms in total. The third kappa shape index (κ3) is 2.09. The minimum Gasteiger partial charge on any atom is -0.472 e. The van der Waals surface area contributed by atoms with Crippen molar-refractivity contribution >= 4 is 22.7 Å². The molecule has 1 aromatic carbocycles. The van der Waals surface area contributed by atoms with Gasteiger partial charge in [0.2, 0.25) is 5.88 Å². The number of thioether (sulfide) groups is 1. The summed E-state index contributed by atoms with van der Waals surface area (Å²) in [6.07, 6.45) is 0. The summed E-state index contributed by atoms with van der Waals surface area (Å²) in [4.78, 5) is 29.2. The van der Waals surface area contributed by atoms with Gasteiger partial charge in [0.25, 0.3) is 5.56 Å². The van der Waals surface area contributed by atoms with E-state index in [1.807, 2.05) is 12.1 Å². The van der Waals surface area contributed by atoms with Gasteiger partial charge in [-0.1, -0.05) is 18.2 Å². The number of nitrogens with one attached hydrogen (secondary N) is 1. The summed E-state index contributed by atoms with van der Waals surface area (Å²) in [6.45, 7) is 4.10. The van der Waals surface area contributed by atoms with Gasteiger partial charge in [-0.15, -0.1) is 11.8 Å². The van der Waals surface area contributed by atoms with Gasteiger partial charge in [-0.2, -0.15) is 0 Å². The molecule has 7 heteroatoms. The molecule has 3 aromatic rings. The Morgan fingerprint density at radius 3 is 2.67 bits per heavy atom. The average Bonchev–Trinajstić information content (AvgIpc) is 3.03. The molecule has 1 N–H and O–H groups in total. The lowest BCUT2D eigenvalue weighted by Gasteiger charge is -2.46. The molecule has 2 aromatic heterocycles. The number of hydrogen-bond acceptors (Lipinski definition) is 4. The maximum Gasteiger partial charge on any atom is 0.333 e. The van der Waals surface area contributed by atoms with E-state index in [2.05, 4.69) is 31.0 Å². The molecule has 4 heterocycles. The molecule has 0 bridgehead atoms. The maximum atomic E-state index is 13.2. The fourth-order valence-corrected chi connectivity index (χ4v) is 6.06. The van der Waals surface area contributed by atoms with Crippen LogP contribution in [0.2, 0.25) is 0 Å². The lowest BCUT2D eigenvalue weighted by Crippen LogP contribution is -2.52. The third-order valence-corrected chi connectivity index (χ3v) is 7.17. The molecule has 0 aliphatic carbocycles. The van der Waals surface area contributed by atoms with Crippen molar-refractivity contribution in [3.05, 3.63) is 56.2 Å². The Bertz CT molecular complexity index is 1220. The van der Waals surface area contributed by atoms with Crippen molar-refractivity contribution < 1.29 is 4.74 Å². The average molecular weight is 383 g/mol. The first-order chi connectivity index (χ1) is 12.8. The first-order valence-corrected chi connectivity index (χ1v) is 10.0. The summed E-state index contributed by atoms with van der Waals surface area (Å²) in [5.41, 5.74) is 1.70. The highest BCUT2D eigenvalue weighted by atomic mass is 32.2. The third-order valence-electron chi connectivity index (χ3n) is 6.04. The predicted octanol–water partition coefficient (Wildman–Crippen LogP) is 2.59. The molecule has 0 amide bonds. The molecule has 2 aliphatic rings. The number of nitrogens with zero attached hydrogens (tertiary/aromatic N) is 2. The van der Waals surface area contributed by atoms with Crippen LogP contribution in [0.25, 0.3) is 10.9 Å². The van der Waals surface area contributed by atoms with Gasteiger partial charge >= 0.3 is 5.69 Å². The lowest BCUT2D eigenvalue weighted by atomic mass is 9.72. The van der Waals surface area contributed by atoms with Crippen molar-refractivity contribution in [1.82, 2.24) is 14.1 Å². The molecule has 2 aliphatic heterocycles. The van der Waals surface area contributed by atoms with Crippen molar-refractivity contribution in [2.75, 3.05) is 5.75 Å². The minimum absolute atomic E-state index is 0.110. The molecule has 0 saturated heterocycles. The monoisotopic (exact) mass is 383 g/mol. The fraction of sp³-hybridized carbons (Fsp3) is 0.400. The lowest BCUT2D eigenvalue weighted by molar-refractivity contribution is 0.0159. The van der Waals surface area contributed by atoms with Gasteiger partial charge in [0, 0.05) is 42.6 Å². The summed E-state index contributed by atoms with van der Waals surface area (Å²) < 4.78 is 8.92. The van der Waals surface area contributed by atoms with Crippen LogP contribution in [0.5, 0.6) is 5.88 Å². The highest BCUT2D eigenvalue weighted by Gasteiger charge is 2.50. The molecular weight excluding hydrogens is 362 g/mol. The van der Waals surface area contributed by atoms with Crippen molar-refractivity contribution in [2.45, 2.75) is 30.4 Å². The van der Waals surface area contributed by atoms with Crippen LogP contribution >= 0.6 is 11.8 Å². The Morgan fingerprint density at radius 1 is 1.15 bits per heavy atom. The predicted molar refractivity (Wildman–Crippen MR) is 106 cm³/mol. The molecule has 2 atom stereocenters. The zero-order chi connectivity index (χ0) is 19.1. The Balaban J connectivity index is 1.92. The van der Waals surface area contributed by atoms with Crippen molar-refractivity contribution in [3.63, 3.8) is 0 Å². The second kappa shape index (κ2) is 5.32. The van der Waals surface area contributed by atoms with Crippen molar-refractivity contribution in [3.8, 4) is 5.88 Å². The highest BCUT2D eigenvalue weighted by Crippen LogP contribution is 2.54. The molecule has 0 radical (unpaired) electrons. The summed E-state index contributed by atoms with van der Waals surface area (Å²) in [6, 6.07) is 8.20. The van der Waals surface area contributed by atoms with Crippen LogP contribution in [0.4, 0.5) is 0 Å². The number of hydrogen-bond donors (Lipinski definition) is 1. The van der Waals surface area contributed by atoms with Gasteiger partial charge in [-0.05, 0) is 25.5 Å². The number of fused-ring (bicyclic) bond motifs is 7. The van der Waals surface area contributed by atoms with Gasteiger partial charge in [-0.25, -0.2) is 4.79 Å².